The third kappa shape index (κ3) is 5.70. The number of benzene rings is 3. The molecule has 2 amide bonds. The van der Waals surface area contributed by atoms with Crippen molar-refractivity contribution < 1.29 is 14.3 Å². The van der Waals surface area contributed by atoms with Crippen molar-refractivity contribution in [3.8, 4) is 0 Å². The maximum Gasteiger partial charge on any atom is 0.408 e. The minimum atomic E-state index is -0.801. The molecule has 0 radical (unpaired) electrons. The highest BCUT2D eigenvalue weighted by atomic mass is 16.5. The van der Waals surface area contributed by atoms with Crippen molar-refractivity contribution in [2.24, 2.45) is 0 Å². The lowest BCUT2D eigenvalue weighted by Gasteiger charge is -2.19. The fourth-order valence-electron chi connectivity index (χ4n) is 3.35. The monoisotopic (exact) mass is 425 g/mol. The maximum absolute atomic E-state index is 13.1. The summed E-state index contributed by atoms with van der Waals surface area (Å²) < 4.78 is 5.32. The number of hydrogen-bond donors (Lipinski definition) is 2. The Morgan fingerprint density at radius 3 is 2.31 bits per heavy atom. The van der Waals surface area contributed by atoms with E-state index in [0.29, 0.717) is 12.1 Å². The quantitative estimate of drug-likeness (QED) is 0.449. The molecule has 4 aromatic rings. The molecule has 0 saturated carbocycles. The molecule has 0 saturated heterocycles. The smallest absolute Gasteiger partial charge is 0.408 e. The average Bonchev–Trinajstić information content (AvgIpc) is 2.83. The van der Waals surface area contributed by atoms with Crippen LogP contribution in [0, 0.1) is 0 Å². The molecule has 1 heterocycles. The van der Waals surface area contributed by atoms with Gasteiger partial charge in [0.05, 0.1) is 5.52 Å². The van der Waals surface area contributed by atoms with Crippen molar-refractivity contribution in [1.82, 2.24) is 10.3 Å². The van der Waals surface area contributed by atoms with E-state index in [4.69, 9.17) is 4.74 Å². The second kappa shape index (κ2) is 10.2. The second-order valence-electron chi connectivity index (χ2n) is 7.35. The number of nitrogens with one attached hydrogen (secondary N) is 2. The van der Waals surface area contributed by atoms with Gasteiger partial charge in [-0.3, -0.25) is 9.78 Å². The largest absolute Gasteiger partial charge is 0.445 e. The number of ether oxygens (including phenoxy) is 1. The Labute approximate surface area is 186 Å². The van der Waals surface area contributed by atoms with Gasteiger partial charge in [0.2, 0.25) is 5.91 Å². The molecular formula is C26H23N3O3. The van der Waals surface area contributed by atoms with E-state index in [-0.39, 0.29) is 12.5 Å². The van der Waals surface area contributed by atoms with E-state index >= 15 is 0 Å². The molecule has 4 rings (SSSR count). The number of aromatic nitrogens is 1. The molecule has 0 aliphatic heterocycles. The summed E-state index contributed by atoms with van der Waals surface area (Å²) in [5, 5.41) is 6.52. The van der Waals surface area contributed by atoms with Crippen molar-refractivity contribution in [3.63, 3.8) is 0 Å². The van der Waals surface area contributed by atoms with E-state index in [0.717, 1.165) is 22.0 Å². The van der Waals surface area contributed by atoms with Crippen LogP contribution in [0.25, 0.3) is 10.9 Å². The Morgan fingerprint density at radius 2 is 1.56 bits per heavy atom. The van der Waals surface area contributed by atoms with E-state index in [1.165, 1.54) is 0 Å². The molecule has 0 aliphatic rings. The SMILES string of the molecule is O=C(N[C@@H](Cc1ccccc1)C(=O)Nc1ccc2ncccc2c1)OCc1ccccc1. The molecule has 2 N–H and O–H groups in total. The number of carbonyl (C=O) groups is 2. The molecule has 0 bridgehead atoms. The zero-order chi connectivity index (χ0) is 22.2. The second-order valence-corrected chi connectivity index (χ2v) is 7.35. The van der Waals surface area contributed by atoms with E-state index in [1.807, 2.05) is 84.9 Å². The van der Waals surface area contributed by atoms with Gasteiger partial charge >= 0.3 is 6.09 Å². The maximum atomic E-state index is 13.1. The van der Waals surface area contributed by atoms with Gasteiger partial charge < -0.3 is 15.4 Å². The first-order valence-electron chi connectivity index (χ1n) is 10.3. The highest BCUT2D eigenvalue weighted by Gasteiger charge is 2.22. The number of amides is 2. The molecule has 0 fully saturated rings. The van der Waals surface area contributed by atoms with Crippen LogP contribution in [-0.2, 0) is 22.6 Å². The van der Waals surface area contributed by atoms with Crippen LogP contribution in [0.2, 0.25) is 0 Å². The minimum absolute atomic E-state index is 0.129. The van der Waals surface area contributed by atoms with Crippen LogP contribution in [0.3, 0.4) is 0 Å². The fourth-order valence-corrected chi connectivity index (χ4v) is 3.35. The topological polar surface area (TPSA) is 80.3 Å². The van der Waals surface area contributed by atoms with Crippen LogP contribution in [0.15, 0.2) is 97.2 Å². The molecule has 0 spiro atoms. The number of nitrogens with zero attached hydrogens (tertiary/aromatic N) is 1. The van der Waals surface area contributed by atoms with Gasteiger partial charge in [-0.15, -0.1) is 0 Å². The predicted molar refractivity (Wildman–Crippen MR) is 124 cm³/mol. The number of anilines is 1. The number of carbonyl (C=O) groups excluding carboxylic acids is 2. The molecule has 6 heteroatoms. The van der Waals surface area contributed by atoms with E-state index in [9.17, 15) is 9.59 Å². The minimum Gasteiger partial charge on any atom is -0.445 e. The molecule has 1 atom stereocenters. The van der Waals surface area contributed by atoms with E-state index < -0.39 is 12.1 Å². The highest BCUT2D eigenvalue weighted by molar-refractivity contribution is 5.98. The number of hydrogen-bond acceptors (Lipinski definition) is 4. The van der Waals surface area contributed by atoms with Crippen LogP contribution in [0.1, 0.15) is 11.1 Å². The average molecular weight is 425 g/mol. The van der Waals surface area contributed by atoms with Crippen LogP contribution in [0.4, 0.5) is 10.5 Å². The molecule has 0 aliphatic carbocycles. The Bertz CT molecular complexity index is 1200. The van der Waals surface area contributed by atoms with Gasteiger partial charge in [0.15, 0.2) is 0 Å². The van der Waals surface area contributed by atoms with Crippen LogP contribution in [0.5, 0.6) is 0 Å². The summed E-state index contributed by atoms with van der Waals surface area (Å²) in [6.07, 6.45) is 1.41. The first kappa shape index (κ1) is 21.1. The van der Waals surface area contributed by atoms with Crippen LogP contribution in [-0.4, -0.2) is 23.0 Å². The summed E-state index contributed by atoms with van der Waals surface area (Å²) in [6, 6.07) is 27.4. The zero-order valence-corrected chi connectivity index (χ0v) is 17.4. The first-order chi connectivity index (χ1) is 15.7. The molecular weight excluding hydrogens is 402 g/mol. The molecule has 32 heavy (non-hydrogen) atoms. The van der Waals surface area contributed by atoms with Crippen molar-refractivity contribution in [2.45, 2.75) is 19.1 Å². The summed E-state index contributed by atoms with van der Waals surface area (Å²) >= 11 is 0. The molecule has 3 aromatic carbocycles. The van der Waals surface area contributed by atoms with Gasteiger partial charge in [0, 0.05) is 23.7 Å². The van der Waals surface area contributed by atoms with Crippen molar-refractivity contribution in [2.75, 3.05) is 5.32 Å². The fraction of sp³-hybridized carbons (Fsp3) is 0.115. The highest BCUT2D eigenvalue weighted by Crippen LogP contribution is 2.17. The normalized spacial score (nSPS) is 11.5. The van der Waals surface area contributed by atoms with Gasteiger partial charge in [-0.1, -0.05) is 66.7 Å². The lowest BCUT2D eigenvalue weighted by atomic mass is 10.1. The summed E-state index contributed by atoms with van der Waals surface area (Å²) in [5.41, 5.74) is 3.28. The zero-order valence-electron chi connectivity index (χ0n) is 17.4. The molecule has 1 aromatic heterocycles. The van der Waals surface area contributed by atoms with Crippen LogP contribution < -0.4 is 10.6 Å². The molecule has 160 valence electrons. The predicted octanol–water partition coefficient (Wildman–Crippen LogP) is 4.71. The van der Waals surface area contributed by atoms with E-state index in [2.05, 4.69) is 15.6 Å². The molecule has 0 unspecified atom stereocenters. The summed E-state index contributed by atoms with van der Waals surface area (Å²) in [6.45, 7) is 0.129. The number of pyridine rings is 1. The Hall–Kier alpha value is -4.19. The van der Waals surface area contributed by atoms with Gasteiger partial charge in [0.25, 0.3) is 0 Å². The Morgan fingerprint density at radius 1 is 0.844 bits per heavy atom. The summed E-state index contributed by atoms with van der Waals surface area (Å²) in [7, 11) is 0. The number of alkyl carbamates (subject to hydrolysis) is 1. The standard InChI is InChI=1S/C26H23N3O3/c30-25(28-22-13-14-23-21(17-22)12-7-15-27-23)24(16-19-8-3-1-4-9-19)29-26(31)32-18-20-10-5-2-6-11-20/h1-15,17,24H,16,18H2,(H,28,30)(H,29,31)/t24-/m0/s1. The lowest BCUT2D eigenvalue weighted by molar-refractivity contribution is -0.118. The van der Waals surface area contributed by atoms with Crippen molar-refractivity contribution in [3.05, 3.63) is 108 Å². The first-order valence-corrected chi connectivity index (χ1v) is 10.3. The third-order valence-corrected chi connectivity index (χ3v) is 4.97. The number of rotatable bonds is 7. The number of fused-ring (bicyclic) bond motifs is 1. The Balaban J connectivity index is 1.45. The lowest BCUT2D eigenvalue weighted by Crippen LogP contribution is -2.45. The van der Waals surface area contributed by atoms with Crippen molar-refractivity contribution in [1.29, 1.82) is 0 Å². The molecule has 6 nitrogen and oxygen atoms in total. The van der Waals surface area contributed by atoms with E-state index in [1.54, 1.807) is 12.3 Å². The Kier molecular flexibility index (Phi) is 6.72. The van der Waals surface area contributed by atoms with Gasteiger partial charge in [-0.2, -0.15) is 0 Å². The summed E-state index contributed by atoms with van der Waals surface area (Å²) in [5.74, 6) is -0.325. The van der Waals surface area contributed by atoms with Crippen LogP contribution >= 0.6 is 0 Å². The van der Waals surface area contributed by atoms with Crippen molar-refractivity contribution >= 4 is 28.6 Å². The van der Waals surface area contributed by atoms with Gasteiger partial charge in [-0.25, -0.2) is 4.79 Å². The van der Waals surface area contributed by atoms with Gasteiger partial charge in [-0.05, 0) is 35.4 Å². The summed E-state index contributed by atoms with van der Waals surface area (Å²) in [4.78, 5) is 29.8. The third-order valence-electron chi connectivity index (χ3n) is 4.97. The van der Waals surface area contributed by atoms with Gasteiger partial charge in [0.1, 0.15) is 12.6 Å².